The Bertz CT molecular complexity index is 885. The molecule has 3 N–H and O–H groups in total. The van der Waals surface area contributed by atoms with E-state index in [1.165, 1.54) is 6.20 Å². The van der Waals surface area contributed by atoms with Gasteiger partial charge in [0.2, 0.25) is 0 Å². The van der Waals surface area contributed by atoms with Gasteiger partial charge in [-0.1, -0.05) is 48.5 Å². The lowest BCUT2D eigenvalue weighted by atomic mass is 10.0. The standard InChI is InChI=1S/C20H20N4O2/c1-13-7-6-8-14(2)17(13)22-20(26)18(15-9-4-3-5-10-15)23-19(25)16-11-12-21-24-16/h3-12,18H,1-2H3,(H,21,24)(H,22,26)(H,23,25)/t18-/m0/s1. The molecule has 0 spiro atoms. The lowest BCUT2D eigenvalue weighted by Gasteiger charge is -2.20. The van der Waals surface area contributed by atoms with E-state index >= 15 is 0 Å². The Morgan fingerprint density at radius 3 is 2.27 bits per heavy atom. The van der Waals surface area contributed by atoms with Gasteiger partial charge in [0.15, 0.2) is 0 Å². The number of rotatable bonds is 5. The van der Waals surface area contributed by atoms with Crippen molar-refractivity contribution in [3.05, 3.63) is 83.2 Å². The average Bonchev–Trinajstić information content (AvgIpc) is 3.18. The van der Waals surface area contributed by atoms with Gasteiger partial charge in [-0.2, -0.15) is 5.10 Å². The van der Waals surface area contributed by atoms with Gasteiger partial charge in [0.05, 0.1) is 0 Å². The van der Waals surface area contributed by atoms with Crippen molar-refractivity contribution in [3.8, 4) is 0 Å². The summed E-state index contributed by atoms with van der Waals surface area (Å²) in [6.45, 7) is 3.87. The van der Waals surface area contributed by atoms with E-state index in [0.29, 0.717) is 11.3 Å². The molecule has 3 rings (SSSR count). The molecule has 0 saturated carbocycles. The predicted molar refractivity (Wildman–Crippen MR) is 99.8 cm³/mol. The number of nitrogens with zero attached hydrogens (tertiary/aromatic N) is 1. The first-order valence-corrected chi connectivity index (χ1v) is 8.28. The molecule has 1 heterocycles. The number of amides is 2. The lowest BCUT2D eigenvalue weighted by Crippen LogP contribution is -2.37. The highest BCUT2D eigenvalue weighted by atomic mass is 16.2. The normalized spacial score (nSPS) is 11.6. The molecule has 0 aliphatic heterocycles. The Morgan fingerprint density at radius 2 is 1.65 bits per heavy atom. The third kappa shape index (κ3) is 3.80. The quantitative estimate of drug-likeness (QED) is 0.662. The van der Waals surface area contributed by atoms with Crippen LogP contribution in [0.15, 0.2) is 60.8 Å². The van der Waals surface area contributed by atoms with Crippen LogP contribution in [0.1, 0.15) is 33.2 Å². The Kier molecular flexibility index (Phi) is 5.12. The minimum absolute atomic E-state index is 0.297. The van der Waals surface area contributed by atoms with Crippen molar-refractivity contribution in [2.75, 3.05) is 5.32 Å². The molecular formula is C20H20N4O2. The number of benzene rings is 2. The van der Waals surface area contributed by atoms with Gasteiger partial charge in [-0.15, -0.1) is 0 Å². The number of para-hydroxylation sites is 1. The molecule has 6 heteroatoms. The van der Waals surface area contributed by atoms with Crippen molar-refractivity contribution in [1.29, 1.82) is 0 Å². The van der Waals surface area contributed by atoms with Gasteiger partial charge < -0.3 is 10.6 Å². The number of hydrogen-bond donors (Lipinski definition) is 3. The summed E-state index contributed by atoms with van der Waals surface area (Å²) in [5.74, 6) is -0.700. The van der Waals surface area contributed by atoms with Crippen LogP contribution < -0.4 is 10.6 Å². The van der Waals surface area contributed by atoms with Gasteiger partial charge in [0.1, 0.15) is 11.7 Å². The molecule has 0 aliphatic carbocycles. The highest BCUT2D eigenvalue weighted by molar-refractivity contribution is 6.01. The minimum atomic E-state index is -0.828. The summed E-state index contributed by atoms with van der Waals surface area (Å²) in [4.78, 5) is 25.4. The van der Waals surface area contributed by atoms with E-state index in [0.717, 1.165) is 16.8 Å². The highest BCUT2D eigenvalue weighted by Gasteiger charge is 2.24. The van der Waals surface area contributed by atoms with Crippen molar-refractivity contribution in [2.24, 2.45) is 0 Å². The number of carbonyl (C=O) groups excluding carboxylic acids is 2. The van der Waals surface area contributed by atoms with Crippen LogP contribution in [0, 0.1) is 13.8 Å². The third-order valence-corrected chi connectivity index (χ3v) is 4.15. The van der Waals surface area contributed by atoms with Crippen molar-refractivity contribution >= 4 is 17.5 Å². The number of anilines is 1. The summed E-state index contributed by atoms with van der Waals surface area (Å²) in [5, 5.41) is 12.1. The summed E-state index contributed by atoms with van der Waals surface area (Å²) in [7, 11) is 0. The van der Waals surface area contributed by atoms with Crippen LogP contribution in [0.4, 0.5) is 5.69 Å². The summed E-state index contributed by atoms with van der Waals surface area (Å²) >= 11 is 0. The highest BCUT2D eigenvalue weighted by Crippen LogP contribution is 2.22. The number of aromatic nitrogens is 2. The van der Waals surface area contributed by atoms with E-state index in [9.17, 15) is 9.59 Å². The molecule has 0 aliphatic rings. The molecule has 2 aromatic carbocycles. The van der Waals surface area contributed by atoms with Gasteiger partial charge in [0, 0.05) is 11.9 Å². The Balaban J connectivity index is 1.88. The second-order valence-electron chi connectivity index (χ2n) is 6.04. The van der Waals surface area contributed by atoms with Gasteiger partial charge >= 0.3 is 0 Å². The molecule has 1 aromatic heterocycles. The maximum Gasteiger partial charge on any atom is 0.270 e. The van der Waals surface area contributed by atoms with Crippen LogP contribution in [-0.2, 0) is 4.79 Å². The number of nitrogens with one attached hydrogen (secondary N) is 3. The van der Waals surface area contributed by atoms with Gasteiger partial charge in [-0.3, -0.25) is 14.7 Å². The monoisotopic (exact) mass is 348 g/mol. The van der Waals surface area contributed by atoms with Gasteiger partial charge in [0.25, 0.3) is 11.8 Å². The van der Waals surface area contributed by atoms with Gasteiger partial charge in [-0.25, -0.2) is 0 Å². The van der Waals surface area contributed by atoms with E-state index in [-0.39, 0.29) is 5.91 Å². The first-order valence-electron chi connectivity index (χ1n) is 8.28. The molecule has 6 nitrogen and oxygen atoms in total. The van der Waals surface area contributed by atoms with Crippen LogP contribution in [0.25, 0.3) is 0 Å². The molecule has 1 atom stereocenters. The third-order valence-electron chi connectivity index (χ3n) is 4.15. The Morgan fingerprint density at radius 1 is 0.962 bits per heavy atom. The SMILES string of the molecule is Cc1cccc(C)c1NC(=O)[C@@H](NC(=O)c1ccn[nH]1)c1ccccc1. The zero-order chi connectivity index (χ0) is 18.5. The second kappa shape index (κ2) is 7.65. The zero-order valence-electron chi connectivity index (χ0n) is 14.6. The molecule has 0 unspecified atom stereocenters. The topological polar surface area (TPSA) is 86.9 Å². The summed E-state index contributed by atoms with van der Waals surface area (Å²) in [5.41, 5.74) is 3.68. The summed E-state index contributed by atoms with van der Waals surface area (Å²) < 4.78 is 0. The van der Waals surface area contributed by atoms with Crippen LogP contribution in [0.5, 0.6) is 0 Å². The number of aromatic amines is 1. The van der Waals surface area contributed by atoms with Crippen molar-refractivity contribution in [3.63, 3.8) is 0 Å². The minimum Gasteiger partial charge on any atom is -0.335 e. The van der Waals surface area contributed by atoms with E-state index < -0.39 is 11.9 Å². The van der Waals surface area contributed by atoms with Crippen LogP contribution >= 0.6 is 0 Å². The largest absolute Gasteiger partial charge is 0.335 e. The van der Waals surface area contributed by atoms with E-state index in [1.54, 1.807) is 6.07 Å². The summed E-state index contributed by atoms with van der Waals surface area (Å²) in [6, 6.07) is 15.7. The van der Waals surface area contributed by atoms with Crippen molar-refractivity contribution in [1.82, 2.24) is 15.5 Å². The smallest absolute Gasteiger partial charge is 0.270 e. The predicted octanol–water partition coefficient (Wildman–Crippen LogP) is 3.14. The van der Waals surface area contributed by atoms with Crippen LogP contribution in [0.2, 0.25) is 0 Å². The van der Waals surface area contributed by atoms with Gasteiger partial charge in [-0.05, 0) is 36.6 Å². The van der Waals surface area contributed by atoms with Crippen molar-refractivity contribution in [2.45, 2.75) is 19.9 Å². The fourth-order valence-corrected chi connectivity index (χ4v) is 2.74. The second-order valence-corrected chi connectivity index (χ2v) is 6.04. The molecule has 26 heavy (non-hydrogen) atoms. The molecule has 132 valence electrons. The molecule has 0 radical (unpaired) electrons. The van der Waals surface area contributed by atoms with E-state index in [2.05, 4.69) is 20.8 Å². The molecule has 2 amide bonds. The summed E-state index contributed by atoms with van der Waals surface area (Å²) in [6.07, 6.45) is 1.49. The molecule has 0 saturated heterocycles. The first kappa shape index (κ1) is 17.4. The number of aryl methyl sites for hydroxylation is 2. The van der Waals surface area contributed by atoms with Crippen LogP contribution in [0.3, 0.4) is 0 Å². The molecular weight excluding hydrogens is 328 g/mol. The molecule has 0 fully saturated rings. The van der Waals surface area contributed by atoms with Crippen LogP contribution in [-0.4, -0.2) is 22.0 Å². The molecule has 3 aromatic rings. The Labute approximate surface area is 151 Å². The average molecular weight is 348 g/mol. The van der Waals surface area contributed by atoms with E-state index in [4.69, 9.17) is 0 Å². The first-order chi connectivity index (χ1) is 12.6. The number of carbonyl (C=O) groups is 2. The maximum atomic E-state index is 13.0. The maximum absolute atomic E-state index is 13.0. The fraction of sp³-hybridized carbons (Fsp3) is 0.150. The van der Waals surface area contributed by atoms with E-state index in [1.807, 2.05) is 62.4 Å². The lowest BCUT2D eigenvalue weighted by molar-refractivity contribution is -0.118. The number of H-pyrrole nitrogens is 1. The van der Waals surface area contributed by atoms with Crippen molar-refractivity contribution < 1.29 is 9.59 Å². The fourth-order valence-electron chi connectivity index (χ4n) is 2.74. The number of hydrogen-bond acceptors (Lipinski definition) is 3. The Hall–Kier alpha value is -3.41. The zero-order valence-corrected chi connectivity index (χ0v) is 14.6. The molecule has 0 bridgehead atoms.